The van der Waals surface area contributed by atoms with Gasteiger partial charge in [0, 0.05) is 13.5 Å². The number of hydrogen-bond donors (Lipinski definition) is 2. The van der Waals surface area contributed by atoms with E-state index in [0.29, 0.717) is 12.3 Å². The molecule has 0 aromatic rings. The normalized spacial score (nSPS) is 13.5. The smallest absolute Gasteiger partial charge is 0.262 e. The zero-order valence-electron chi connectivity index (χ0n) is 9.27. The van der Waals surface area contributed by atoms with E-state index < -0.39 is 6.04 Å². The maximum absolute atomic E-state index is 11.4. The third kappa shape index (κ3) is 5.87. The lowest BCUT2D eigenvalue weighted by molar-refractivity contribution is -0.170. The van der Waals surface area contributed by atoms with Gasteiger partial charge in [-0.2, -0.15) is 0 Å². The van der Waals surface area contributed by atoms with Gasteiger partial charge in [0.05, 0.1) is 13.2 Å². The Morgan fingerprint density at radius 1 is 1.60 bits per heavy atom. The van der Waals surface area contributed by atoms with Crippen molar-refractivity contribution < 1.29 is 14.5 Å². The van der Waals surface area contributed by atoms with Gasteiger partial charge in [0.2, 0.25) is 0 Å². The van der Waals surface area contributed by atoms with Crippen molar-refractivity contribution in [2.75, 3.05) is 20.8 Å². The molecule has 88 valence electrons. The monoisotopic (exact) mass is 218 g/mol. The van der Waals surface area contributed by atoms with E-state index in [1.165, 1.54) is 14.2 Å². The summed E-state index contributed by atoms with van der Waals surface area (Å²) in [6.07, 6.45) is 0.351. The van der Waals surface area contributed by atoms with E-state index >= 15 is 0 Å². The van der Waals surface area contributed by atoms with E-state index in [1.54, 1.807) is 6.92 Å². The topological polar surface area (TPSA) is 103 Å². The first-order valence-electron chi connectivity index (χ1n) is 4.48. The number of nitrogens with zero attached hydrogens (tertiary/aromatic N) is 2. The quantitative estimate of drug-likeness (QED) is 0.258. The van der Waals surface area contributed by atoms with Crippen LogP contribution >= 0.6 is 0 Å². The van der Waals surface area contributed by atoms with E-state index in [2.05, 4.69) is 5.16 Å². The lowest BCUT2D eigenvalue weighted by atomic mass is 10.2. The van der Waals surface area contributed by atoms with Crippen molar-refractivity contribution >= 4 is 11.7 Å². The Hall–Kier alpha value is -1.34. The summed E-state index contributed by atoms with van der Waals surface area (Å²) in [6, 6.07) is -0.664. The van der Waals surface area contributed by atoms with Crippen LogP contribution in [0.4, 0.5) is 0 Å². The Labute approximate surface area is 88.9 Å². The molecule has 4 N–H and O–H groups in total. The summed E-state index contributed by atoms with van der Waals surface area (Å²) >= 11 is 0. The molecule has 0 aliphatic heterocycles. The van der Waals surface area contributed by atoms with Gasteiger partial charge in [-0.25, -0.2) is 5.06 Å². The fraction of sp³-hybridized carbons (Fsp3) is 0.750. The van der Waals surface area contributed by atoms with Crippen LogP contribution in [0.1, 0.15) is 13.3 Å². The number of carbonyl (C=O) groups is 1. The highest BCUT2D eigenvalue weighted by molar-refractivity contribution is 5.80. The van der Waals surface area contributed by atoms with Gasteiger partial charge in [0.15, 0.2) is 0 Å². The fourth-order valence-electron chi connectivity index (χ4n) is 0.774. The lowest BCUT2D eigenvalue weighted by Gasteiger charge is -2.17. The van der Waals surface area contributed by atoms with E-state index in [9.17, 15) is 4.79 Å². The second kappa shape index (κ2) is 7.02. The largest absolute Gasteiger partial charge is 0.394 e. The molecule has 15 heavy (non-hydrogen) atoms. The maximum atomic E-state index is 11.4. The number of amides is 1. The molecule has 0 saturated heterocycles. The van der Waals surface area contributed by atoms with Gasteiger partial charge in [-0.3, -0.25) is 9.63 Å². The molecule has 1 amide bonds. The van der Waals surface area contributed by atoms with Gasteiger partial charge < -0.3 is 16.3 Å². The average molecular weight is 218 g/mol. The number of hydrogen-bond acceptors (Lipinski definition) is 5. The molecule has 0 saturated carbocycles. The third-order valence-electron chi connectivity index (χ3n) is 1.63. The molecular formula is C8H18N4O3. The Kier molecular flexibility index (Phi) is 6.39. The molecule has 0 rings (SSSR count). The number of oxime groups is 1. The number of hydroxylamine groups is 2. The van der Waals surface area contributed by atoms with Crippen LogP contribution in [0.15, 0.2) is 5.16 Å². The SMILES string of the molecule is CON(C)C(=O)C(N)CCO/N=C(\C)N. The molecule has 0 aromatic carbocycles. The van der Waals surface area contributed by atoms with Crippen LogP contribution in [0.3, 0.4) is 0 Å². The first-order valence-corrected chi connectivity index (χ1v) is 4.48. The summed E-state index contributed by atoms with van der Waals surface area (Å²) in [5.41, 5.74) is 10.8. The summed E-state index contributed by atoms with van der Waals surface area (Å²) in [5.74, 6) is 0.0125. The molecule has 0 fully saturated rings. The van der Waals surface area contributed by atoms with E-state index in [4.69, 9.17) is 21.1 Å². The van der Waals surface area contributed by atoms with Crippen LogP contribution in [0.2, 0.25) is 0 Å². The van der Waals surface area contributed by atoms with Gasteiger partial charge in [-0.15, -0.1) is 0 Å². The van der Waals surface area contributed by atoms with Crippen LogP contribution in [0.25, 0.3) is 0 Å². The molecule has 7 nitrogen and oxygen atoms in total. The zero-order valence-corrected chi connectivity index (χ0v) is 9.27. The van der Waals surface area contributed by atoms with Crippen molar-refractivity contribution in [3.05, 3.63) is 0 Å². The van der Waals surface area contributed by atoms with Gasteiger partial charge in [-0.05, 0) is 6.92 Å². The van der Waals surface area contributed by atoms with Crippen molar-refractivity contribution in [2.24, 2.45) is 16.6 Å². The van der Waals surface area contributed by atoms with Crippen molar-refractivity contribution in [1.29, 1.82) is 0 Å². The van der Waals surface area contributed by atoms with Crippen LogP contribution in [0.5, 0.6) is 0 Å². The number of carbonyl (C=O) groups excluding carboxylic acids is 1. The van der Waals surface area contributed by atoms with Crippen molar-refractivity contribution in [1.82, 2.24) is 5.06 Å². The highest BCUT2D eigenvalue weighted by Crippen LogP contribution is 1.96. The summed E-state index contributed by atoms with van der Waals surface area (Å²) in [7, 11) is 2.88. The van der Waals surface area contributed by atoms with Crippen molar-refractivity contribution in [3.63, 3.8) is 0 Å². The molecule has 0 aromatic heterocycles. The molecule has 0 aliphatic rings. The Balaban J connectivity index is 3.79. The predicted molar refractivity (Wildman–Crippen MR) is 55.6 cm³/mol. The number of amidine groups is 1. The predicted octanol–water partition coefficient (Wildman–Crippen LogP) is -0.968. The number of nitrogens with two attached hydrogens (primary N) is 2. The van der Waals surface area contributed by atoms with Crippen LogP contribution in [0, 0.1) is 0 Å². The Morgan fingerprint density at radius 3 is 2.67 bits per heavy atom. The Bertz CT molecular complexity index is 228. The van der Waals surface area contributed by atoms with Gasteiger partial charge in [-0.1, -0.05) is 5.16 Å². The zero-order chi connectivity index (χ0) is 11.8. The molecule has 7 heteroatoms. The molecule has 0 heterocycles. The fourth-order valence-corrected chi connectivity index (χ4v) is 0.774. The standard InChI is InChI=1S/C8H18N4O3/c1-6(9)11-15-5-4-7(10)8(13)12(2)14-3/h7H,4-5,10H2,1-3H3,(H2,9,11). The first kappa shape index (κ1) is 13.7. The van der Waals surface area contributed by atoms with Crippen molar-refractivity contribution in [3.8, 4) is 0 Å². The number of rotatable bonds is 6. The van der Waals surface area contributed by atoms with Gasteiger partial charge >= 0.3 is 0 Å². The Morgan fingerprint density at radius 2 is 2.20 bits per heavy atom. The second-order valence-electron chi connectivity index (χ2n) is 2.98. The molecule has 1 unspecified atom stereocenters. The van der Waals surface area contributed by atoms with Crippen LogP contribution in [-0.2, 0) is 14.5 Å². The molecule has 0 spiro atoms. The van der Waals surface area contributed by atoms with Crippen molar-refractivity contribution in [2.45, 2.75) is 19.4 Å². The molecule has 0 aliphatic carbocycles. The summed E-state index contributed by atoms with van der Waals surface area (Å²) in [4.78, 5) is 20.9. The van der Waals surface area contributed by atoms with Gasteiger partial charge in [0.1, 0.15) is 12.4 Å². The summed E-state index contributed by atoms with van der Waals surface area (Å²) < 4.78 is 0. The number of likely N-dealkylation sites (N-methyl/N-ethyl adjacent to an activating group) is 1. The minimum absolute atomic E-state index is 0.235. The molecule has 0 bridgehead atoms. The van der Waals surface area contributed by atoms with E-state index in [0.717, 1.165) is 5.06 Å². The summed E-state index contributed by atoms with van der Waals surface area (Å²) in [5, 5.41) is 4.58. The van der Waals surface area contributed by atoms with Crippen LogP contribution in [-0.4, -0.2) is 43.6 Å². The van der Waals surface area contributed by atoms with Gasteiger partial charge in [0.25, 0.3) is 5.91 Å². The molecule has 0 radical (unpaired) electrons. The molecule has 1 atom stereocenters. The highest BCUT2D eigenvalue weighted by atomic mass is 16.7. The summed E-state index contributed by atoms with van der Waals surface area (Å²) in [6.45, 7) is 1.84. The van der Waals surface area contributed by atoms with E-state index in [1.807, 2.05) is 0 Å². The van der Waals surface area contributed by atoms with E-state index in [-0.39, 0.29) is 12.5 Å². The second-order valence-corrected chi connectivity index (χ2v) is 2.98. The van der Waals surface area contributed by atoms with Crippen LogP contribution < -0.4 is 11.5 Å². The first-order chi connectivity index (χ1) is 6.99. The minimum Gasteiger partial charge on any atom is -0.394 e. The lowest BCUT2D eigenvalue weighted by Crippen LogP contribution is -2.41. The molecular weight excluding hydrogens is 200 g/mol. The highest BCUT2D eigenvalue weighted by Gasteiger charge is 2.17. The average Bonchev–Trinajstić information content (AvgIpc) is 2.21. The minimum atomic E-state index is -0.664. The third-order valence-corrected chi connectivity index (χ3v) is 1.63. The maximum Gasteiger partial charge on any atom is 0.262 e.